The fraction of sp³-hybridized carbons (Fsp3) is 0.600. The Bertz CT molecular complexity index is 279. The standard InChI is InChI=1S/C10H18N2O3S/c1-5-6-16(15)10(12-14)8(7(2)3)9(13)11-4/h5,7-8,14H,1,6H2,2-4H3,(H,11,13)/b12-10-. The maximum absolute atomic E-state index is 11.7. The van der Waals surface area contributed by atoms with E-state index in [2.05, 4.69) is 17.1 Å². The van der Waals surface area contributed by atoms with E-state index in [1.165, 1.54) is 13.1 Å². The highest BCUT2D eigenvalue weighted by atomic mass is 32.2. The second-order valence-electron chi connectivity index (χ2n) is 3.58. The summed E-state index contributed by atoms with van der Waals surface area (Å²) >= 11 is -1.51. The zero-order chi connectivity index (χ0) is 12.7. The van der Waals surface area contributed by atoms with Crippen molar-refractivity contribution >= 4 is 22.1 Å². The molecule has 0 aromatic rings. The lowest BCUT2D eigenvalue weighted by Gasteiger charge is -2.20. The SMILES string of the molecule is C=CC[S+]([O-])/C(=N\O)C(C(=O)NC)C(C)C. The Kier molecular flexibility index (Phi) is 6.83. The molecule has 2 N–H and O–H groups in total. The summed E-state index contributed by atoms with van der Waals surface area (Å²) in [6.07, 6.45) is 1.46. The molecule has 0 aliphatic carbocycles. The third-order valence-corrected chi connectivity index (χ3v) is 3.40. The number of rotatable bonds is 5. The lowest BCUT2D eigenvalue weighted by Crippen LogP contribution is -2.40. The summed E-state index contributed by atoms with van der Waals surface area (Å²) in [4.78, 5) is 11.6. The monoisotopic (exact) mass is 246 g/mol. The van der Waals surface area contributed by atoms with Crippen molar-refractivity contribution in [1.29, 1.82) is 0 Å². The lowest BCUT2D eigenvalue weighted by atomic mass is 9.96. The molecule has 0 spiro atoms. The van der Waals surface area contributed by atoms with Gasteiger partial charge in [-0.25, -0.2) is 0 Å². The van der Waals surface area contributed by atoms with E-state index in [-0.39, 0.29) is 22.6 Å². The van der Waals surface area contributed by atoms with Crippen molar-refractivity contribution in [2.75, 3.05) is 12.8 Å². The first-order chi connectivity index (χ1) is 7.49. The van der Waals surface area contributed by atoms with Gasteiger partial charge in [0, 0.05) is 18.2 Å². The summed E-state index contributed by atoms with van der Waals surface area (Å²) < 4.78 is 11.7. The topological polar surface area (TPSA) is 84.8 Å². The molecule has 92 valence electrons. The summed E-state index contributed by atoms with van der Waals surface area (Å²) in [6.45, 7) is 7.06. The summed E-state index contributed by atoms with van der Waals surface area (Å²) in [5.74, 6) is -0.921. The minimum atomic E-state index is -1.51. The van der Waals surface area contributed by atoms with E-state index in [0.717, 1.165) is 0 Å². The molecule has 0 radical (unpaired) electrons. The molecule has 0 aliphatic heterocycles. The van der Waals surface area contributed by atoms with E-state index in [4.69, 9.17) is 5.21 Å². The van der Waals surface area contributed by atoms with Gasteiger partial charge in [0.05, 0.1) is 0 Å². The molecule has 5 nitrogen and oxygen atoms in total. The van der Waals surface area contributed by atoms with Crippen LogP contribution in [-0.4, -0.2) is 33.5 Å². The van der Waals surface area contributed by atoms with Gasteiger partial charge in [0.15, 0.2) is 0 Å². The first-order valence-electron chi connectivity index (χ1n) is 4.92. The van der Waals surface area contributed by atoms with Crippen LogP contribution in [0, 0.1) is 11.8 Å². The second-order valence-corrected chi connectivity index (χ2v) is 5.02. The zero-order valence-corrected chi connectivity index (χ0v) is 10.6. The van der Waals surface area contributed by atoms with Gasteiger partial charge >= 0.3 is 0 Å². The van der Waals surface area contributed by atoms with E-state index in [9.17, 15) is 9.35 Å². The van der Waals surface area contributed by atoms with Crippen LogP contribution in [0.2, 0.25) is 0 Å². The smallest absolute Gasteiger partial charge is 0.267 e. The third-order valence-electron chi connectivity index (χ3n) is 2.06. The Morgan fingerprint density at radius 3 is 2.56 bits per heavy atom. The third kappa shape index (κ3) is 3.86. The molecule has 2 unspecified atom stereocenters. The van der Waals surface area contributed by atoms with E-state index in [1.54, 1.807) is 13.8 Å². The van der Waals surface area contributed by atoms with Crippen molar-refractivity contribution in [1.82, 2.24) is 5.32 Å². The van der Waals surface area contributed by atoms with Crippen molar-refractivity contribution in [3.63, 3.8) is 0 Å². The summed E-state index contributed by atoms with van der Waals surface area (Å²) in [7, 11) is 1.49. The quantitative estimate of drug-likeness (QED) is 0.187. The van der Waals surface area contributed by atoms with Crippen LogP contribution in [-0.2, 0) is 16.0 Å². The van der Waals surface area contributed by atoms with Gasteiger partial charge in [0.25, 0.3) is 5.04 Å². The molecule has 0 aliphatic rings. The number of carbonyl (C=O) groups is 1. The van der Waals surface area contributed by atoms with Crippen molar-refractivity contribution in [2.45, 2.75) is 13.8 Å². The Morgan fingerprint density at radius 1 is 1.69 bits per heavy atom. The van der Waals surface area contributed by atoms with Crippen molar-refractivity contribution in [3.05, 3.63) is 12.7 Å². The average molecular weight is 246 g/mol. The number of hydrogen-bond donors (Lipinski definition) is 2. The predicted molar refractivity (Wildman–Crippen MR) is 64.8 cm³/mol. The summed E-state index contributed by atoms with van der Waals surface area (Å²) in [5.41, 5.74) is 0. The van der Waals surface area contributed by atoms with Crippen molar-refractivity contribution < 1.29 is 14.6 Å². The van der Waals surface area contributed by atoms with E-state index in [1.807, 2.05) is 0 Å². The van der Waals surface area contributed by atoms with Crippen molar-refractivity contribution in [3.8, 4) is 0 Å². The molecule has 0 saturated heterocycles. The van der Waals surface area contributed by atoms with Gasteiger partial charge in [-0.1, -0.05) is 20.4 Å². The van der Waals surface area contributed by atoms with Gasteiger partial charge in [-0.2, -0.15) is 0 Å². The molecule has 1 amide bonds. The first-order valence-corrected chi connectivity index (χ1v) is 6.24. The van der Waals surface area contributed by atoms with Crippen LogP contribution in [0.3, 0.4) is 0 Å². The fourth-order valence-corrected chi connectivity index (χ4v) is 2.44. The van der Waals surface area contributed by atoms with Crippen LogP contribution in [0.25, 0.3) is 0 Å². The van der Waals surface area contributed by atoms with Gasteiger partial charge in [-0.05, 0) is 17.1 Å². The molecule has 0 bridgehead atoms. The van der Waals surface area contributed by atoms with Gasteiger partial charge < -0.3 is 15.1 Å². The second kappa shape index (κ2) is 7.29. The van der Waals surface area contributed by atoms with Crippen LogP contribution >= 0.6 is 0 Å². The van der Waals surface area contributed by atoms with Gasteiger partial charge in [-0.15, -0.1) is 0 Å². The van der Waals surface area contributed by atoms with Crippen molar-refractivity contribution in [2.24, 2.45) is 17.0 Å². The van der Waals surface area contributed by atoms with Gasteiger partial charge in [0.1, 0.15) is 11.7 Å². The number of oxime groups is 1. The molecule has 2 atom stereocenters. The zero-order valence-electron chi connectivity index (χ0n) is 9.77. The highest BCUT2D eigenvalue weighted by Gasteiger charge is 2.35. The largest absolute Gasteiger partial charge is 0.610 e. The number of nitrogens with one attached hydrogen (secondary N) is 1. The van der Waals surface area contributed by atoms with Crippen LogP contribution in [0.5, 0.6) is 0 Å². The van der Waals surface area contributed by atoms with Crippen LogP contribution < -0.4 is 5.32 Å². The molecule has 0 saturated carbocycles. The number of nitrogens with zero attached hydrogens (tertiary/aromatic N) is 1. The minimum absolute atomic E-state index is 0.00532. The molecule has 0 fully saturated rings. The molecule has 0 aromatic heterocycles. The molecule has 16 heavy (non-hydrogen) atoms. The molecule has 0 rings (SSSR count). The molecule has 6 heteroatoms. The number of carbonyl (C=O) groups excluding carboxylic acids is 1. The predicted octanol–water partition coefficient (Wildman–Crippen LogP) is 0.727. The maximum atomic E-state index is 11.7. The van der Waals surface area contributed by atoms with Gasteiger partial charge in [0.2, 0.25) is 5.91 Å². The highest BCUT2D eigenvalue weighted by molar-refractivity contribution is 8.06. The summed E-state index contributed by atoms with van der Waals surface area (Å²) in [5, 5.41) is 14.3. The summed E-state index contributed by atoms with van der Waals surface area (Å²) in [6, 6.07) is 0. The molecular formula is C10H18N2O3S. The number of amides is 1. The Labute approximate surface area is 98.8 Å². The first kappa shape index (κ1) is 15.0. The van der Waals surface area contributed by atoms with Crippen LogP contribution in [0.1, 0.15) is 13.8 Å². The molecule has 0 heterocycles. The van der Waals surface area contributed by atoms with E-state index >= 15 is 0 Å². The van der Waals surface area contributed by atoms with Crippen LogP contribution in [0.4, 0.5) is 0 Å². The highest BCUT2D eigenvalue weighted by Crippen LogP contribution is 2.17. The number of hydrogen-bond acceptors (Lipinski definition) is 4. The fourth-order valence-electron chi connectivity index (χ4n) is 1.30. The Morgan fingerprint density at radius 2 is 2.25 bits per heavy atom. The molecule has 0 aromatic carbocycles. The maximum Gasteiger partial charge on any atom is 0.267 e. The van der Waals surface area contributed by atoms with Gasteiger partial charge in [-0.3, -0.25) is 4.79 Å². The Hall–Kier alpha value is -1.01. The average Bonchev–Trinajstić information content (AvgIpc) is 2.24. The lowest BCUT2D eigenvalue weighted by molar-refractivity contribution is -0.123. The van der Waals surface area contributed by atoms with E-state index in [0.29, 0.717) is 0 Å². The Balaban J connectivity index is 5.01. The minimum Gasteiger partial charge on any atom is -0.610 e. The normalized spacial score (nSPS) is 15.7. The molecular weight excluding hydrogens is 228 g/mol. The van der Waals surface area contributed by atoms with E-state index < -0.39 is 17.1 Å². The van der Waals surface area contributed by atoms with Crippen LogP contribution in [0.15, 0.2) is 17.8 Å².